The van der Waals surface area contributed by atoms with E-state index < -0.39 is 0 Å². The number of carbonyl (C=O) groups is 1. The number of hydrogen-bond acceptors (Lipinski definition) is 6. The summed E-state index contributed by atoms with van der Waals surface area (Å²) in [6, 6.07) is 7.78. The van der Waals surface area contributed by atoms with Crippen LogP contribution in [0.15, 0.2) is 24.3 Å². The number of rotatable bonds is 7. The van der Waals surface area contributed by atoms with Gasteiger partial charge in [-0.15, -0.1) is 10.2 Å². The number of carbonyl (C=O) groups excluding carboxylic acids is 1. The molecule has 2 heterocycles. The Morgan fingerprint density at radius 3 is 2.88 bits per heavy atom. The summed E-state index contributed by atoms with van der Waals surface area (Å²) in [6.07, 6.45) is 0.974. The first-order valence-electron chi connectivity index (χ1n) is 8.30. The monoisotopic (exact) mass is 392 g/mol. The number of likely N-dealkylation sites (N-methyl/N-ethyl adjacent to an activating group) is 1. The summed E-state index contributed by atoms with van der Waals surface area (Å²) in [5, 5.41) is 17.0. The lowest BCUT2D eigenvalue weighted by molar-refractivity contribution is -0.121. The van der Waals surface area contributed by atoms with Gasteiger partial charge in [0.1, 0.15) is 5.01 Å². The second kappa shape index (κ2) is 8.11. The van der Waals surface area contributed by atoms with Gasteiger partial charge in [-0.2, -0.15) is 9.61 Å². The molecule has 0 aliphatic heterocycles. The van der Waals surface area contributed by atoms with Crippen LogP contribution in [0.3, 0.4) is 0 Å². The van der Waals surface area contributed by atoms with Crippen molar-refractivity contribution < 1.29 is 4.79 Å². The van der Waals surface area contributed by atoms with Gasteiger partial charge < -0.3 is 10.2 Å². The van der Waals surface area contributed by atoms with Gasteiger partial charge in [0.05, 0.1) is 6.04 Å². The highest BCUT2D eigenvalue weighted by Crippen LogP contribution is 2.21. The predicted octanol–water partition coefficient (Wildman–Crippen LogP) is 2.50. The number of hydrogen-bond donors (Lipinski definition) is 1. The first-order chi connectivity index (χ1) is 12.4. The molecule has 1 atom stereocenters. The molecule has 1 unspecified atom stereocenters. The number of nitrogens with zero attached hydrogens (tertiary/aromatic N) is 5. The zero-order valence-electron chi connectivity index (χ0n) is 14.9. The van der Waals surface area contributed by atoms with E-state index in [0.717, 1.165) is 21.4 Å². The Hall–Kier alpha value is -2.03. The van der Waals surface area contributed by atoms with E-state index in [4.69, 9.17) is 11.6 Å². The van der Waals surface area contributed by atoms with Gasteiger partial charge in [-0.3, -0.25) is 4.79 Å². The van der Waals surface area contributed by atoms with Gasteiger partial charge in [-0.05, 0) is 38.7 Å². The number of amides is 1. The van der Waals surface area contributed by atoms with Crippen LogP contribution in [0, 0.1) is 6.92 Å². The summed E-state index contributed by atoms with van der Waals surface area (Å²) >= 11 is 7.55. The standard InChI is InChI=1S/C17H21ClN6OS/c1-11-20-21-17-24(11)22-16(26-17)8-7-15(25)19-10-14(23(2)3)12-5-4-6-13(18)9-12/h4-6,9,14H,7-8,10H2,1-3H3,(H,19,25). The molecule has 26 heavy (non-hydrogen) atoms. The Morgan fingerprint density at radius 1 is 1.38 bits per heavy atom. The molecule has 0 radical (unpaired) electrons. The fourth-order valence-electron chi connectivity index (χ4n) is 2.69. The lowest BCUT2D eigenvalue weighted by Gasteiger charge is -2.25. The summed E-state index contributed by atoms with van der Waals surface area (Å²) in [6.45, 7) is 2.38. The highest BCUT2D eigenvalue weighted by Gasteiger charge is 2.16. The first-order valence-corrected chi connectivity index (χ1v) is 9.50. The molecule has 0 saturated heterocycles. The van der Waals surface area contributed by atoms with Gasteiger partial charge >= 0.3 is 0 Å². The maximum atomic E-state index is 12.2. The lowest BCUT2D eigenvalue weighted by atomic mass is 10.1. The van der Waals surface area contributed by atoms with Crippen LogP contribution in [-0.4, -0.2) is 51.3 Å². The molecule has 0 bridgehead atoms. The van der Waals surface area contributed by atoms with Crippen molar-refractivity contribution in [1.82, 2.24) is 30.0 Å². The van der Waals surface area contributed by atoms with E-state index >= 15 is 0 Å². The van der Waals surface area contributed by atoms with Gasteiger partial charge in [-0.1, -0.05) is 35.1 Å². The number of fused-ring (bicyclic) bond motifs is 1. The average molecular weight is 393 g/mol. The number of halogens is 1. The second-order valence-corrected chi connectivity index (χ2v) is 7.75. The molecule has 0 aliphatic carbocycles. The lowest BCUT2D eigenvalue weighted by Crippen LogP contribution is -2.34. The summed E-state index contributed by atoms with van der Waals surface area (Å²) in [5.74, 6) is 0.754. The van der Waals surface area contributed by atoms with Crippen LogP contribution in [0.5, 0.6) is 0 Å². The van der Waals surface area contributed by atoms with Gasteiger partial charge in [0.2, 0.25) is 10.9 Å². The van der Waals surface area contributed by atoms with Crippen molar-refractivity contribution in [3.05, 3.63) is 45.7 Å². The molecule has 0 saturated carbocycles. The third-order valence-electron chi connectivity index (χ3n) is 4.10. The molecule has 138 valence electrons. The SMILES string of the molecule is Cc1nnc2sc(CCC(=O)NCC(c3cccc(Cl)c3)N(C)C)nn12. The first kappa shape index (κ1) is 18.8. The average Bonchev–Trinajstić information content (AvgIpc) is 3.15. The molecular weight excluding hydrogens is 372 g/mol. The number of nitrogens with one attached hydrogen (secondary N) is 1. The Kier molecular flexibility index (Phi) is 5.85. The van der Waals surface area contributed by atoms with Crippen LogP contribution in [0.2, 0.25) is 5.02 Å². The van der Waals surface area contributed by atoms with Crippen LogP contribution in [0.25, 0.3) is 4.96 Å². The van der Waals surface area contributed by atoms with Crippen molar-refractivity contribution in [3.8, 4) is 0 Å². The smallest absolute Gasteiger partial charge is 0.234 e. The fraction of sp³-hybridized carbons (Fsp3) is 0.412. The van der Waals surface area contributed by atoms with Crippen LogP contribution in [0.4, 0.5) is 0 Å². The second-order valence-electron chi connectivity index (χ2n) is 6.28. The number of aromatic nitrogens is 4. The van der Waals surface area contributed by atoms with Crippen LogP contribution in [-0.2, 0) is 11.2 Å². The van der Waals surface area contributed by atoms with E-state index in [2.05, 4.69) is 25.5 Å². The summed E-state index contributed by atoms with van der Waals surface area (Å²) < 4.78 is 1.71. The number of benzene rings is 1. The third-order valence-corrected chi connectivity index (χ3v) is 5.30. The summed E-state index contributed by atoms with van der Waals surface area (Å²) in [7, 11) is 3.97. The highest BCUT2D eigenvalue weighted by molar-refractivity contribution is 7.16. The Bertz CT molecular complexity index is 906. The van der Waals surface area contributed by atoms with Crippen LogP contribution >= 0.6 is 22.9 Å². The molecule has 1 aromatic carbocycles. The summed E-state index contributed by atoms with van der Waals surface area (Å²) in [5.41, 5.74) is 1.08. The molecule has 7 nitrogen and oxygen atoms in total. The minimum Gasteiger partial charge on any atom is -0.354 e. The fourth-order valence-corrected chi connectivity index (χ4v) is 3.76. The quantitative estimate of drug-likeness (QED) is 0.668. The van der Waals surface area contributed by atoms with Crippen molar-refractivity contribution in [1.29, 1.82) is 0 Å². The minimum atomic E-state index is 0.00145. The molecule has 3 rings (SSSR count). The topological polar surface area (TPSA) is 75.4 Å². The normalized spacial score (nSPS) is 12.7. The van der Waals surface area contributed by atoms with E-state index in [-0.39, 0.29) is 11.9 Å². The molecule has 0 aliphatic rings. The van der Waals surface area contributed by atoms with Crippen molar-refractivity contribution in [2.75, 3.05) is 20.6 Å². The third kappa shape index (κ3) is 4.38. The Labute approximate surface area is 161 Å². The largest absolute Gasteiger partial charge is 0.354 e. The van der Waals surface area contributed by atoms with Gasteiger partial charge in [0.15, 0.2) is 5.82 Å². The van der Waals surface area contributed by atoms with Crippen molar-refractivity contribution in [2.24, 2.45) is 0 Å². The molecule has 1 amide bonds. The highest BCUT2D eigenvalue weighted by atomic mass is 35.5. The van der Waals surface area contributed by atoms with Gasteiger partial charge in [0.25, 0.3) is 0 Å². The maximum absolute atomic E-state index is 12.2. The van der Waals surface area contributed by atoms with E-state index in [1.54, 1.807) is 4.52 Å². The van der Waals surface area contributed by atoms with E-state index in [9.17, 15) is 4.79 Å². The minimum absolute atomic E-state index is 0.00145. The van der Waals surface area contributed by atoms with Crippen LogP contribution < -0.4 is 5.32 Å². The zero-order valence-corrected chi connectivity index (χ0v) is 16.5. The van der Waals surface area contributed by atoms with E-state index in [1.807, 2.05) is 45.3 Å². The molecule has 9 heteroatoms. The zero-order chi connectivity index (χ0) is 18.7. The van der Waals surface area contributed by atoms with Crippen LogP contribution in [0.1, 0.15) is 28.9 Å². The van der Waals surface area contributed by atoms with Crippen molar-refractivity contribution >= 4 is 33.8 Å². The Balaban J connectivity index is 1.55. The van der Waals surface area contributed by atoms with Crippen molar-refractivity contribution in [2.45, 2.75) is 25.8 Å². The molecular formula is C17H21ClN6OS. The predicted molar refractivity (Wildman–Crippen MR) is 103 cm³/mol. The molecule has 3 aromatic rings. The van der Waals surface area contributed by atoms with E-state index in [1.165, 1.54) is 11.3 Å². The molecule has 2 aromatic heterocycles. The molecule has 0 fully saturated rings. The molecule has 0 spiro atoms. The summed E-state index contributed by atoms with van der Waals surface area (Å²) in [4.78, 5) is 15.1. The Morgan fingerprint density at radius 2 is 2.19 bits per heavy atom. The van der Waals surface area contributed by atoms with Gasteiger partial charge in [-0.25, -0.2) is 0 Å². The van der Waals surface area contributed by atoms with E-state index in [0.29, 0.717) is 24.4 Å². The molecule has 1 N–H and O–H groups in total. The maximum Gasteiger partial charge on any atom is 0.234 e. The number of aryl methyl sites for hydroxylation is 2. The van der Waals surface area contributed by atoms with Gasteiger partial charge in [0, 0.05) is 24.4 Å². The van der Waals surface area contributed by atoms with Crippen molar-refractivity contribution in [3.63, 3.8) is 0 Å².